The number of alkyl halides is 3. The van der Waals surface area contributed by atoms with Gasteiger partial charge in [-0.1, -0.05) is 15.9 Å². The van der Waals surface area contributed by atoms with Crippen LogP contribution >= 0.6 is 15.9 Å². The van der Waals surface area contributed by atoms with E-state index in [4.69, 9.17) is 0 Å². The first-order valence-electron chi connectivity index (χ1n) is 6.77. The summed E-state index contributed by atoms with van der Waals surface area (Å²) in [6, 6.07) is 4.41. The number of benzene rings is 1. The maximum atomic E-state index is 13.1. The van der Waals surface area contributed by atoms with E-state index in [2.05, 4.69) is 21.2 Å². The van der Waals surface area contributed by atoms with Gasteiger partial charge in [-0.25, -0.2) is 0 Å². The highest BCUT2D eigenvalue weighted by atomic mass is 79.9. The van der Waals surface area contributed by atoms with E-state index in [0.29, 0.717) is 17.6 Å². The fourth-order valence-electron chi connectivity index (χ4n) is 2.58. The second kappa shape index (κ2) is 6.35. The first-order valence-corrected chi connectivity index (χ1v) is 7.56. The van der Waals surface area contributed by atoms with Gasteiger partial charge in [0.05, 0.1) is 11.3 Å². The van der Waals surface area contributed by atoms with Crippen LogP contribution in [0.5, 0.6) is 0 Å². The van der Waals surface area contributed by atoms with Gasteiger partial charge in [0.25, 0.3) is 0 Å². The second-order valence-corrected chi connectivity index (χ2v) is 5.91. The lowest BCUT2D eigenvalue weighted by atomic mass is 10.1. The average Bonchev–Trinajstić information content (AvgIpc) is 2.87. The van der Waals surface area contributed by atoms with Crippen LogP contribution in [0.3, 0.4) is 0 Å². The number of halogens is 4. The summed E-state index contributed by atoms with van der Waals surface area (Å²) in [5.74, 6) is 0. The highest BCUT2D eigenvalue weighted by molar-refractivity contribution is 9.10. The third-order valence-corrected chi connectivity index (χ3v) is 4.08. The minimum atomic E-state index is -4.33. The van der Waals surface area contributed by atoms with Crippen LogP contribution in [0.4, 0.5) is 18.9 Å². The molecule has 1 aliphatic rings. The van der Waals surface area contributed by atoms with Gasteiger partial charge in [-0.15, -0.1) is 0 Å². The molecule has 0 spiro atoms. The maximum Gasteiger partial charge on any atom is 0.418 e. The Morgan fingerprint density at radius 2 is 2.15 bits per heavy atom. The molecule has 0 aliphatic carbocycles. The van der Waals surface area contributed by atoms with Gasteiger partial charge in [0.1, 0.15) is 0 Å². The van der Waals surface area contributed by atoms with Crippen molar-refractivity contribution in [3.05, 3.63) is 28.2 Å². The molecular weight excluding hydrogens is 333 g/mol. The first-order chi connectivity index (χ1) is 9.41. The van der Waals surface area contributed by atoms with Crippen molar-refractivity contribution in [3.8, 4) is 0 Å². The van der Waals surface area contributed by atoms with E-state index in [1.807, 2.05) is 6.92 Å². The molecule has 1 saturated heterocycles. The average molecular weight is 351 g/mol. The molecule has 1 aromatic rings. The van der Waals surface area contributed by atoms with Crippen molar-refractivity contribution in [1.29, 1.82) is 0 Å². The van der Waals surface area contributed by atoms with Gasteiger partial charge in [-0.3, -0.25) is 0 Å². The summed E-state index contributed by atoms with van der Waals surface area (Å²) < 4.78 is 40.1. The molecule has 0 saturated carbocycles. The van der Waals surface area contributed by atoms with E-state index in [9.17, 15) is 13.2 Å². The largest absolute Gasteiger partial charge is 0.418 e. The van der Waals surface area contributed by atoms with Gasteiger partial charge in [0, 0.05) is 23.6 Å². The van der Waals surface area contributed by atoms with Crippen LogP contribution in [0.2, 0.25) is 0 Å². The SMILES string of the molecule is CCN(CC1CCCN1)c1cc(Br)ccc1C(F)(F)F. The summed E-state index contributed by atoms with van der Waals surface area (Å²) in [6.45, 7) is 4.00. The third kappa shape index (κ3) is 3.67. The van der Waals surface area contributed by atoms with Crippen LogP contribution < -0.4 is 10.2 Å². The van der Waals surface area contributed by atoms with E-state index in [0.717, 1.165) is 25.5 Å². The van der Waals surface area contributed by atoms with E-state index >= 15 is 0 Å². The van der Waals surface area contributed by atoms with E-state index in [1.54, 1.807) is 11.0 Å². The van der Waals surface area contributed by atoms with Crippen LogP contribution in [0.25, 0.3) is 0 Å². The zero-order chi connectivity index (χ0) is 14.8. The van der Waals surface area contributed by atoms with Crippen molar-refractivity contribution in [3.63, 3.8) is 0 Å². The number of nitrogens with zero attached hydrogens (tertiary/aromatic N) is 1. The topological polar surface area (TPSA) is 15.3 Å². The maximum absolute atomic E-state index is 13.1. The molecule has 0 amide bonds. The van der Waals surface area contributed by atoms with Crippen molar-refractivity contribution in [2.24, 2.45) is 0 Å². The molecular formula is C14H18BrF3N2. The van der Waals surface area contributed by atoms with Gasteiger partial charge in [-0.05, 0) is 44.5 Å². The third-order valence-electron chi connectivity index (χ3n) is 3.59. The summed E-state index contributed by atoms with van der Waals surface area (Å²) in [5, 5.41) is 3.33. The molecule has 112 valence electrons. The molecule has 1 heterocycles. The molecule has 0 radical (unpaired) electrons. The Bertz CT molecular complexity index is 456. The molecule has 1 unspecified atom stereocenters. The standard InChI is InChI=1S/C14H18BrF3N2/c1-2-20(9-11-4-3-7-19-11)13-8-10(15)5-6-12(13)14(16,17)18/h5-6,8,11,19H,2-4,7,9H2,1H3. The predicted molar refractivity (Wildman–Crippen MR) is 78.1 cm³/mol. The van der Waals surface area contributed by atoms with Crippen LogP contribution in [0.1, 0.15) is 25.3 Å². The summed E-state index contributed by atoms with van der Waals surface area (Å²) in [6.07, 6.45) is -2.22. The molecule has 1 N–H and O–H groups in total. The lowest BCUT2D eigenvalue weighted by Crippen LogP contribution is -2.38. The van der Waals surface area contributed by atoms with E-state index < -0.39 is 11.7 Å². The lowest BCUT2D eigenvalue weighted by Gasteiger charge is -2.29. The number of hydrogen-bond acceptors (Lipinski definition) is 2. The van der Waals surface area contributed by atoms with Crippen LogP contribution in [-0.2, 0) is 6.18 Å². The Labute approximate surface area is 125 Å². The number of rotatable bonds is 4. The molecule has 1 aliphatic heterocycles. The minimum Gasteiger partial charge on any atom is -0.370 e. The van der Waals surface area contributed by atoms with Crippen LogP contribution in [0.15, 0.2) is 22.7 Å². The molecule has 1 atom stereocenters. The van der Waals surface area contributed by atoms with Crippen molar-refractivity contribution >= 4 is 21.6 Å². The summed E-state index contributed by atoms with van der Waals surface area (Å²) in [4.78, 5) is 1.80. The van der Waals surface area contributed by atoms with E-state index in [1.165, 1.54) is 6.07 Å². The van der Waals surface area contributed by atoms with Gasteiger partial charge in [0.15, 0.2) is 0 Å². The second-order valence-electron chi connectivity index (χ2n) is 4.99. The fraction of sp³-hybridized carbons (Fsp3) is 0.571. The number of hydrogen-bond donors (Lipinski definition) is 1. The summed E-state index contributed by atoms with van der Waals surface area (Å²) >= 11 is 3.26. The van der Waals surface area contributed by atoms with Crippen molar-refractivity contribution in [2.75, 3.05) is 24.5 Å². The highest BCUT2D eigenvalue weighted by Gasteiger charge is 2.35. The molecule has 1 aromatic carbocycles. The molecule has 0 bridgehead atoms. The Balaban J connectivity index is 2.29. The highest BCUT2D eigenvalue weighted by Crippen LogP contribution is 2.38. The normalized spacial score (nSPS) is 19.4. The number of likely N-dealkylation sites (N-methyl/N-ethyl adjacent to an activating group) is 1. The minimum absolute atomic E-state index is 0.253. The van der Waals surface area contributed by atoms with Gasteiger partial charge in [0.2, 0.25) is 0 Å². The van der Waals surface area contributed by atoms with Crippen LogP contribution in [0, 0.1) is 0 Å². The molecule has 0 aromatic heterocycles. The zero-order valence-corrected chi connectivity index (χ0v) is 12.9. The van der Waals surface area contributed by atoms with Gasteiger partial charge in [-0.2, -0.15) is 13.2 Å². The monoisotopic (exact) mass is 350 g/mol. The van der Waals surface area contributed by atoms with Crippen molar-refractivity contribution in [2.45, 2.75) is 32.0 Å². The van der Waals surface area contributed by atoms with Gasteiger partial charge >= 0.3 is 6.18 Å². The molecule has 6 heteroatoms. The quantitative estimate of drug-likeness (QED) is 0.881. The molecule has 1 fully saturated rings. The molecule has 2 nitrogen and oxygen atoms in total. The molecule has 20 heavy (non-hydrogen) atoms. The molecule has 2 rings (SSSR count). The van der Waals surface area contributed by atoms with Gasteiger partial charge < -0.3 is 10.2 Å². The first kappa shape index (κ1) is 15.6. The zero-order valence-electron chi connectivity index (χ0n) is 11.3. The lowest BCUT2D eigenvalue weighted by molar-refractivity contribution is -0.137. The Morgan fingerprint density at radius 3 is 2.70 bits per heavy atom. The fourth-order valence-corrected chi connectivity index (χ4v) is 2.93. The Morgan fingerprint density at radius 1 is 1.40 bits per heavy atom. The summed E-state index contributed by atoms with van der Waals surface area (Å²) in [5.41, 5.74) is -0.316. The van der Waals surface area contributed by atoms with E-state index in [-0.39, 0.29) is 11.7 Å². The smallest absolute Gasteiger partial charge is 0.370 e. The van der Waals surface area contributed by atoms with Crippen molar-refractivity contribution in [1.82, 2.24) is 5.32 Å². The summed E-state index contributed by atoms with van der Waals surface area (Å²) in [7, 11) is 0. The van der Waals surface area contributed by atoms with Crippen LogP contribution in [-0.4, -0.2) is 25.7 Å². The number of anilines is 1. The Kier molecular flexibility index (Phi) is 4.96. The van der Waals surface area contributed by atoms with Crippen molar-refractivity contribution < 1.29 is 13.2 Å². The number of nitrogens with one attached hydrogen (secondary N) is 1. The Hall–Kier alpha value is -0.750. The predicted octanol–water partition coefficient (Wildman–Crippen LogP) is 4.05.